The van der Waals surface area contributed by atoms with Crippen LogP contribution in [0.5, 0.6) is 11.5 Å². The maximum atomic E-state index is 14.3. The van der Waals surface area contributed by atoms with Gasteiger partial charge in [-0.15, -0.1) is 0 Å². The first kappa shape index (κ1) is 20.2. The quantitative estimate of drug-likeness (QED) is 0.561. The van der Waals surface area contributed by atoms with E-state index in [0.717, 1.165) is 11.8 Å². The zero-order valence-electron chi connectivity index (χ0n) is 15.1. The number of likely N-dealkylation sites (N-methyl/N-ethyl adjacent to an activating group) is 1. The van der Waals surface area contributed by atoms with Crippen molar-refractivity contribution in [3.05, 3.63) is 28.4 Å². The molecule has 6 nitrogen and oxygen atoms in total. The van der Waals surface area contributed by atoms with Crippen LogP contribution in [0.25, 0.3) is 5.57 Å². The average Bonchev–Trinajstić information content (AvgIpc) is 2.88. The van der Waals surface area contributed by atoms with Gasteiger partial charge in [-0.3, -0.25) is 14.5 Å². The van der Waals surface area contributed by atoms with E-state index >= 15 is 0 Å². The number of benzene rings is 1. The van der Waals surface area contributed by atoms with Gasteiger partial charge in [0.25, 0.3) is 5.91 Å². The molecule has 1 fully saturated rings. The van der Waals surface area contributed by atoms with Crippen molar-refractivity contribution in [2.24, 2.45) is 0 Å². The Kier molecular flexibility index (Phi) is 6.25. The minimum absolute atomic E-state index is 0.00632. The van der Waals surface area contributed by atoms with Crippen molar-refractivity contribution in [2.45, 2.75) is 6.92 Å². The van der Waals surface area contributed by atoms with Crippen molar-refractivity contribution in [1.29, 1.82) is 0 Å². The van der Waals surface area contributed by atoms with Gasteiger partial charge in [0.1, 0.15) is 10.9 Å². The van der Waals surface area contributed by atoms with E-state index in [1.807, 2.05) is 0 Å². The summed E-state index contributed by atoms with van der Waals surface area (Å²) in [5.41, 5.74) is 1.02. The molecule has 140 valence electrons. The van der Waals surface area contributed by atoms with Gasteiger partial charge in [0.15, 0.2) is 17.3 Å². The second kappa shape index (κ2) is 8.05. The largest absolute Gasteiger partial charge is 0.493 e. The molecular weight excluding hydrogens is 379 g/mol. The molecule has 26 heavy (non-hydrogen) atoms. The first-order chi connectivity index (χ1) is 12.2. The summed E-state index contributed by atoms with van der Waals surface area (Å²) in [6.45, 7) is 1.57. The molecule has 1 aromatic carbocycles. The topological polar surface area (TPSA) is 59.1 Å². The smallest absolute Gasteiger partial charge is 0.266 e. The van der Waals surface area contributed by atoms with E-state index in [9.17, 15) is 14.0 Å². The van der Waals surface area contributed by atoms with E-state index in [0.29, 0.717) is 20.4 Å². The van der Waals surface area contributed by atoms with Gasteiger partial charge in [-0.1, -0.05) is 24.0 Å². The summed E-state index contributed by atoms with van der Waals surface area (Å²) >= 11 is 6.32. The highest BCUT2D eigenvalue weighted by molar-refractivity contribution is 8.26. The van der Waals surface area contributed by atoms with Crippen LogP contribution >= 0.6 is 24.0 Å². The summed E-state index contributed by atoms with van der Waals surface area (Å²) in [6.07, 6.45) is 0. The van der Waals surface area contributed by atoms with Crippen molar-refractivity contribution >= 4 is 45.7 Å². The first-order valence-electron chi connectivity index (χ1n) is 7.57. The fourth-order valence-corrected chi connectivity index (χ4v) is 3.61. The lowest BCUT2D eigenvalue weighted by Crippen LogP contribution is -2.38. The minimum atomic E-state index is -0.598. The second-order valence-electron chi connectivity index (χ2n) is 5.70. The third-order valence-corrected chi connectivity index (χ3v) is 5.40. The number of allylic oxidation sites excluding steroid dienone is 1. The minimum Gasteiger partial charge on any atom is -0.493 e. The predicted molar refractivity (Wildman–Crippen MR) is 103 cm³/mol. The van der Waals surface area contributed by atoms with Gasteiger partial charge >= 0.3 is 0 Å². The number of thioether (sulfide) groups is 1. The molecule has 2 amide bonds. The molecule has 0 N–H and O–H groups in total. The highest BCUT2D eigenvalue weighted by atomic mass is 32.2. The number of rotatable bonds is 5. The van der Waals surface area contributed by atoms with Crippen LogP contribution in [0.15, 0.2) is 17.0 Å². The Morgan fingerprint density at radius 1 is 1.31 bits per heavy atom. The Morgan fingerprint density at radius 2 is 1.96 bits per heavy atom. The molecule has 1 saturated heterocycles. The van der Waals surface area contributed by atoms with Crippen LogP contribution in [-0.4, -0.2) is 60.8 Å². The Labute approximate surface area is 160 Å². The molecule has 1 aliphatic heterocycles. The van der Waals surface area contributed by atoms with E-state index in [1.165, 1.54) is 30.1 Å². The number of carbonyl (C=O) groups is 2. The SMILES string of the molecule is COc1cc(/C(C)=C2\SC(=S)N(CC(=O)N(C)C)C2=O)cc(F)c1OC. The Hall–Kier alpha value is -2.13. The highest BCUT2D eigenvalue weighted by Gasteiger charge is 2.35. The lowest BCUT2D eigenvalue weighted by Gasteiger charge is -2.17. The molecule has 0 radical (unpaired) electrons. The van der Waals surface area contributed by atoms with Gasteiger partial charge in [0.2, 0.25) is 5.91 Å². The Balaban J connectivity index is 2.41. The predicted octanol–water partition coefficient (Wildman–Crippen LogP) is 2.52. The molecule has 1 aromatic rings. The van der Waals surface area contributed by atoms with Crippen LogP contribution in [-0.2, 0) is 9.59 Å². The summed E-state index contributed by atoms with van der Waals surface area (Å²) in [6, 6.07) is 2.86. The fraction of sp³-hybridized carbons (Fsp3) is 0.353. The van der Waals surface area contributed by atoms with E-state index in [1.54, 1.807) is 27.1 Å². The molecule has 0 saturated carbocycles. The molecule has 0 bridgehead atoms. The molecule has 0 atom stereocenters. The number of carbonyl (C=O) groups excluding carboxylic acids is 2. The van der Waals surface area contributed by atoms with Gasteiger partial charge in [0, 0.05) is 14.1 Å². The summed E-state index contributed by atoms with van der Waals surface area (Å²) in [7, 11) is 5.96. The first-order valence-corrected chi connectivity index (χ1v) is 8.80. The van der Waals surface area contributed by atoms with Crippen molar-refractivity contribution in [3.63, 3.8) is 0 Å². The molecule has 1 heterocycles. The van der Waals surface area contributed by atoms with Crippen molar-refractivity contribution in [3.8, 4) is 11.5 Å². The second-order valence-corrected chi connectivity index (χ2v) is 7.34. The monoisotopic (exact) mass is 398 g/mol. The molecule has 0 spiro atoms. The molecule has 2 rings (SSSR count). The van der Waals surface area contributed by atoms with Crippen LogP contribution in [0, 0.1) is 5.82 Å². The van der Waals surface area contributed by atoms with Crippen LogP contribution in [0.2, 0.25) is 0 Å². The Morgan fingerprint density at radius 3 is 2.50 bits per heavy atom. The average molecular weight is 398 g/mol. The van der Waals surface area contributed by atoms with E-state index < -0.39 is 5.82 Å². The van der Waals surface area contributed by atoms with Crippen LogP contribution in [0.3, 0.4) is 0 Å². The molecule has 0 aliphatic carbocycles. The van der Waals surface area contributed by atoms with Crippen LogP contribution < -0.4 is 9.47 Å². The molecule has 0 aromatic heterocycles. The summed E-state index contributed by atoms with van der Waals surface area (Å²) in [4.78, 5) is 27.6. The molecule has 9 heteroatoms. The van der Waals surface area contributed by atoms with E-state index in [-0.39, 0.29) is 29.9 Å². The van der Waals surface area contributed by atoms with Crippen molar-refractivity contribution in [2.75, 3.05) is 34.9 Å². The number of hydrogen-bond acceptors (Lipinski definition) is 6. The van der Waals surface area contributed by atoms with Gasteiger partial charge in [-0.05, 0) is 30.2 Å². The molecule has 1 aliphatic rings. The summed E-state index contributed by atoms with van der Waals surface area (Å²) < 4.78 is 24.7. The molecule has 0 unspecified atom stereocenters. The maximum absolute atomic E-state index is 14.3. The van der Waals surface area contributed by atoms with E-state index in [4.69, 9.17) is 21.7 Å². The lowest BCUT2D eigenvalue weighted by atomic mass is 10.1. The number of amides is 2. The van der Waals surface area contributed by atoms with Gasteiger partial charge in [0.05, 0.1) is 19.1 Å². The van der Waals surface area contributed by atoms with Gasteiger partial charge in [-0.25, -0.2) is 4.39 Å². The highest BCUT2D eigenvalue weighted by Crippen LogP contribution is 2.39. The number of methoxy groups -OCH3 is 2. The zero-order chi connectivity index (χ0) is 19.6. The number of hydrogen-bond donors (Lipinski definition) is 0. The standard InChI is InChI=1S/C17H19FN2O4S2/c1-9(10-6-11(18)14(24-5)12(7-10)23-4)15-16(22)20(17(25)26-15)8-13(21)19(2)3/h6-7H,8H2,1-5H3/b15-9-. The summed E-state index contributed by atoms with van der Waals surface area (Å²) in [5.74, 6) is -0.993. The third kappa shape index (κ3) is 3.83. The summed E-state index contributed by atoms with van der Waals surface area (Å²) in [5, 5.41) is 0. The van der Waals surface area contributed by atoms with Crippen LogP contribution in [0.1, 0.15) is 12.5 Å². The number of thiocarbonyl (C=S) groups is 1. The fourth-order valence-electron chi connectivity index (χ4n) is 2.31. The number of ether oxygens (including phenoxy) is 2. The van der Waals surface area contributed by atoms with Crippen molar-refractivity contribution in [1.82, 2.24) is 9.80 Å². The number of halogens is 1. The van der Waals surface area contributed by atoms with Crippen molar-refractivity contribution < 1.29 is 23.5 Å². The van der Waals surface area contributed by atoms with Crippen LogP contribution in [0.4, 0.5) is 4.39 Å². The third-order valence-electron chi connectivity index (χ3n) is 3.85. The maximum Gasteiger partial charge on any atom is 0.266 e. The lowest BCUT2D eigenvalue weighted by molar-refractivity contribution is -0.133. The van der Waals surface area contributed by atoms with E-state index in [2.05, 4.69) is 0 Å². The van der Waals surface area contributed by atoms with Gasteiger partial charge in [-0.2, -0.15) is 0 Å². The molecular formula is C17H19FN2O4S2. The van der Waals surface area contributed by atoms with Gasteiger partial charge < -0.3 is 14.4 Å². The number of nitrogens with zero attached hydrogens (tertiary/aromatic N) is 2. The Bertz CT molecular complexity index is 808. The zero-order valence-corrected chi connectivity index (χ0v) is 16.7. The normalized spacial score (nSPS) is 16.0.